The maximum absolute atomic E-state index is 12.8. The summed E-state index contributed by atoms with van der Waals surface area (Å²) < 4.78 is 3.02. The van der Waals surface area contributed by atoms with Crippen molar-refractivity contribution in [2.75, 3.05) is 36.0 Å². The molecule has 4 N–H and O–H groups in total. The van der Waals surface area contributed by atoms with Crippen LogP contribution in [0, 0.1) is 24.7 Å². The van der Waals surface area contributed by atoms with Crippen molar-refractivity contribution in [2.45, 2.75) is 90.1 Å². The molecule has 54 heavy (non-hydrogen) atoms. The van der Waals surface area contributed by atoms with Crippen LogP contribution >= 0.6 is 46.4 Å². The molecule has 4 aromatic rings. The maximum atomic E-state index is 12.8. The number of anilines is 2. The molecule has 2 aliphatic heterocycles. The van der Waals surface area contributed by atoms with Crippen molar-refractivity contribution in [1.82, 2.24) is 19.1 Å². The second-order valence-corrected chi connectivity index (χ2v) is 17.1. The smallest absolute Gasteiger partial charge is 0.260 e. The number of benzene rings is 2. The summed E-state index contributed by atoms with van der Waals surface area (Å²) in [7, 11) is 0. The zero-order valence-electron chi connectivity index (χ0n) is 30.8. The van der Waals surface area contributed by atoms with Crippen LogP contribution in [0.5, 0.6) is 0 Å². The van der Waals surface area contributed by atoms with E-state index >= 15 is 0 Å². The molecule has 2 aliphatic carbocycles. The molecule has 288 valence electrons. The highest BCUT2D eigenvalue weighted by Gasteiger charge is 2.44. The lowest BCUT2D eigenvalue weighted by Gasteiger charge is -2.42. The fourth-order valence-corrected chi connectivity index (χ4v) is 10.1. The van der Waals surface area contributed by atoms with Crippen LogP contribution in [-0.2, 0) is 0 Å². The van der Waals surface area contributed by atoms with Crippen LogP contribution < -0.4 is 32.4 Å². The number of aromatic nitrogens is 4. The van der Waals surface area contributed by atoms with E-state index in [9.17, 15) is 9.59 Å². The summed E-state index contributed by atoms with van der Waals surface area (Å²) in [5.41, 5.74) is 14.1. The Labute approximate surface area is 336 Å². The Morgan fingerprint density at radius 2 is 0.981 bits per heavy atom. The first-order valence-electron chi connectivity index (χ1n) is 18.9. The number of nitrogens with zero attached hydrogens (tertiary/aromatic N) is 6. The van der Waals surface area contributed by atoms with Gasteiger partial charge in [0.25, 0.3) is 11.1 Å². The quantitative estimate of drug-likeness (QED) is 0.213. The molecule has 10 nitrogen and oxygen atoms in total. The number of hydrogen-bond donors (Lipinski definition) is 2. The zero-order chi connectivity index (χ0) is 38.4. The van der Waals surface area contributed by atoms with Crippen molar-refractivity contribution in [1.29, 1.82) is 0 Å². The SMILES string of the molecule is Cc1nc(N2CCC3(CCC[C@H]3N)CC2)cc(=O)n1-c1cccc(Cl)c1Cl.Cc1nc(N2CCC3(CCC[C@H]3N)CC2)cc(=O)n1-c1cccc(Cl)c1Cl. The van der Waals surface area contributed by atoms with Crippen LogP contribution in [0.2, 0.25) is 20.1 Å². The van der Waals surface area contributed by atoms with Gasteiger partial charge in [0.2, 0.25) is 0 Å². The second-order valence-electron chi connectivity index (χ2n) is 15.5. The van der Waals surface area contributed by atoms with Crippen molar-refractivity contribution in [3.05, 3.63) is 101 Å². The van der Waals surface area contributed by atoms with E-state index in [2.05, 4.69) is 9.80 Å². The Bertz CT molecular complexity index is 1990. The lowest BCUT2D eigenvalue weighted by Crippen LogP contribution is -2.47. The standard InChI is InChI=1S/2C20H24Cl2N4O/c2*1-13-24-17(25-10-8-20(9-11-25)7-3-6-16(20)23)12-18(27)26(13)15-5-2-4-14(21)19(15)22/h2*2,4-5,12,16H,3,6-11,23H2,1H3/t2*16-/m11/s1. The van der Waals surface area contributed by atoms with Gasteiger partial charge in [0, 0.05) is 50.4 Å². The Kier molecular flexibility index (Phi) is 11.4. The van der Waals surface area contributed by atoms with Gasteiger partial charge in [-0.2, -0.15) is 0 Å². The van der Waals surface area contributed by atoms with Crippen LogP contribution in [0.4, 0.5) is 11.6 Å². The summed E-state index contributed by atoms with van der Waals surface area (Å²) in [5, 5.41) is 1.54. The van der Waals surface area contributed by atoms with E-state index in [1.165, 1.54) is 34.8 Å². The molecule has 14 heteroatoms. The van der Waals surface area contributed by atoms with Crippen LogP contribution in [0.25, 0.3) is 11.4 Å². The van der Waals surface area contributed by atoms with Crippen LogP contribution in [0.3, 0.4) is 0 Å². The summed E-state index contributed by atoms with van der Waals surface area (Å²) in [6, 6.07) is 14.3. The van der Waals surface area contributed by atoms with Gasteiger partial charge in [0.15, 0.2) is 0 Å². The summed E-state index contributed by atoms with van der Waals surface area (Å²) >= 11 is 24.8. The largest absolute Gasteiger partial charge is 0.356 e. The highest BCUT2D eigenvalue weighted by atomic mass is 35.5. The first-order chi connectivity index (χ1) is 25.8. The molecule has 2 atom stereocenters. The number of halogens is 4. The van der Waals surface area contributed by atoms with Crippen LogP contribution in [-0.4, -0.2) is 57.4 Å². The number of rotatable bonds is 4. The highest BCUT2D eigenvalue weighted by Crippen LogP contribution is 2.47. The predicted octanol–water partition coefficient (Wildman–Crippen LogP) is 7.89. The Balaban J connectivity index is 0.000000167. The molecular formula is C40H48Cl4N8O2. The maximum Gasteiger partial charge on any atom is 0.260 e. The van der Waals surface area contributed by atoms with Gasteiger partial charge in [0.1, 0.15) is 23.3 Å². The molecule has 0 amide bonds. The van der Waals surface area contributed by atoms with Crippen molar-refractivity contribution >= 4 is 58.0 Å². The van der Waals surface area contributed by atoms with Crippen molar-refractivity contribution in [3.8, 4) is 11.4 Å². The van der Waals surface area contributed by atoms with E-state index in [4.69, 9.17) is 67.8 Å². The third-order valence-corrected chi connectivity index (χ3v) is 14.2. The van der Waals surface area contributed by atoms with Gasteiger partial charge in [-0.05, 0) is 100 Å². The minimum absolute atomic E-state index is 0.153. The third kappa shape index (κ3) is 7.42. The topological polar surface area (TPSA) is 128 Å². The van der Waals surface area contributed by atoms with Crippen molar-refractivity contribution in [3.63, 3.8) is 0 Å². The van der Waals surface area contributed by atoms with E-state index in [0.29, 0.717) is 55.2 Å². The van der Waals surface area contributed by atoms with E-state index in [0.717, 1.165) is 76.3 Å². The van der Waals surface area contributed by atoms with Crippen molar-refractivity contribution < 1.29 is 0 Å². The van der Waals surface area contributed by atoms with E-state index < -0.39 is 0 Å². The van der Waals surface area contributed by atoms with Gasteiger partial charge in [-0.25, -0.2) is 9.97 Å². The molecule has 2 aromatic heterocycles. The molecule has 2 saturated carbocycles. The Morgan fingerprint density at radius 3 is 1.30 bits per heavy atom. The molecule has 8 rings (SSSR count). The minimum atomic E-state index is -0.153. The second kappa shape index (κ2) is 15.8. The van der Waals surface area contributed by atoms with E-state index in [-0.39, 0.29) is 21.9 Å². The molecule has 2 aromatic carbocycles. The molecule has 0 radical (unpaired) electrons. The Morgan fingerprint density at radius 1 is 0.611 bits per heavy atom. The lowest BCUT2D eigenvalue weighted by atomic mass is 9.74. The molecule has 2 spiro atoms. The molecule has 4 fully saturated rings. The molecular weight excluding hydrogens is 766 g/mol. The summed E-state index contributed by atoms with van der Waals surface area (Å²) in [5.74, 6) is 2.65. The van der Waals surface area contributed by atoms with Crippen molar-refractivity contribution in [2.24, 2.45) is 22.3 Å². The summed E-state index contributed by atoms with van der Waals surface area (Å²) in [4.78, 5) is 39.5. The Hall–Kier alpha value is -3.12. The van der Waals surface area contributed by atoms with Gasteiger partial charge in [-0.15, -0.1) is 0 Å². The van der Waals surface area contributed by atoms with Crippen LogP contribution in [0.15, 0.2) is 58.1 Å². The summed E-state index contributed by atoms with van der Waals surface area (Å²) in [6.45, 7) is 7.20. The number of piperidine rings is 2. The van der Waals surface area contributed by atoms with Gasteiger partial charge < -0.3 is 21.3 Å². The lowest BCUT2D eigenvalue weighted by molar-refractivity contribution is 0.197. The van der Waals surface area contributed by atoms with E-state index in [1.807, 2.05) is 13.8 Å². The number of nitrogens with two attached hydrogens (primary N) is 2. The zero-order valence-corrected chi connectivity index (χ0v) is 33.9. The van der Waals surface area contributed by atoms with Gasteiger partial charge >= 0.3 is 0 Å². The first-order valence-corrected chi connectivity index (χ1v) is 20.4. The average Bonchev–Trinajstić information content (AvgIpc) is 3.68. The molecule has 0 bridgehead atoms. The van der Waals surface area contributed by atoms with Crippen LogP contribution in [0.1, 0.15) is 75.9 Å². The normalized spacial score (nSPS) is 21.8. The molecule has 2 saturated heterocycles. The van der Waals surface area contributed by atoms with Gasteiger partial charge in [-0.1, -0.05) is 71.4 Å². The highest BCUT2D eigenvalue weighted by molar-refractivity contribution is 6.43. The molecule has 4 aliphatic rings. The fraction of sp³-hybridized carbons (Fsp3) is 0.500. The fourth-order valence-electron chi connectivity index (χ4n) is 9.34. The van der Waals surface area contributed by atoms with E-state index in [1.54, 1.807) is 48.5 Å². The predicted molar refractivity (Wildman–Crippen MR) is 221 cm³/mol. The summed E-state index contributed by atoms with van der Waals surface area (Å²) in [6.07, 6.45) is 11.4. The average molecular weight is 815 g/mol. The monoisotopic (exact) mass is 812 g/mol. The molecule has 4 heterocycles. The molecule has 0 unspecified atom stereocenters. The van der Waals surface area contributed by atoms with Gasteiger partial charge in [0.05, 0.1) is 31.5 Å². The minimum Gasteiger partial charge on any atom is -0.356 e. The number of aryl methyl sites for hydroxylation is 2. The first kappa shape index (κ1) is 39.1. The number of hydrogen-bond acceptors (Lipinski definition) is 8. The van der Waals surface area contributed by atoms with Gasteiger partial charge in [-0.3, -0.25) is 18.7 Å². The third-order valence-electron chi connectivity index (χ3n) is 12.6.